The summed E-state index contributed by atoms with van der Waals surface area (Å²) < 4.78 is 0. The largest absolute Gasteiger partial charge is 0.394 e. The van der Waals surface area contributed by atoms with E-state index in [1.165, 1.54) is 250 Å². The molecule has 3 N–H and O–H groups in total. The molecule has 0 aromatic rings. The van der Waals surface area contributed by atoms with Crippen molar-refractivity contribution in [2.45, 2.75) is 341 Å². The highest BCUT2D eigenvalue weighted by molar-refractivity contribution is 5.76. The average molecular weight is 913 g/mol. The lowest BCUT2D eigenvalue weighted by molar-refractivity contribution is -0.123. The molecule has 0 fully saturated rings. The summed E-state index contributed by atoms with van der Waals surface area (Å²) in [7, 11) is 0. The predicted octanol–water partition coefficient (Wildman–Crippen LogP) is 19.6. The van der Waals surface area contributed by atoms with Gasteiger partial charge in [-0.15, -0.1) is 0 Å². The number of nitrogens with one attached hydrogen (secondary N) is 1. The van der Waals surface area contributed by atoms with E-state index in [1.807, 2.05) is 0 Å². The Kier molecular flexibility index (Phi) is 55.7. The van der Waals surface area contributed by atoms with E-state index in [9.17, 15) is 15.0 Å². The average Bonchev–Trinajstić information content (AvgIpc) is 3.31. The summed E-state index contributed by atoms with van der Waals surface area (Å²) in [5.74, 6) is -0.0397. The van der Waals surface area contributed by atoms with Gasteiger partial charge in [-0.1, -0.05) is 307 Å². The molecule has 0 saturated carbocycles. The second-order valence-electron chi connectivity index (χ2n) is 20.4. The van der Waals surface area contributed by atoms with Crippen molar-refractivity contribution in [3.8, 4) is 0 Å². The van der Waals surface area contributed by atoms with Crippen LogP contribution in [0.3, 0.4) is 0 Å². The molecule has 1 amide bonds. The summed E-state index contributed by atoms with van der Waals surface area (Å²) in [5, 5.41) is 23.4. The number of carbonyl (C=O) groups is 1. The van der Waals surface area contributed by atoms with Crippen molar-refractivity contribution in [2.75, 3.05) is 6.61 Å². The second-order valence-corrected chi connectivity index (χ2v) is 20.4. The maximum absolute atomic E-state index is 12.5. The molecule has 0 aliphatic rings. The van der Waals surface area contributed by atoms with Crippen LogP contribution in [-0.4, -0.2) is 34.9 Å². The first-order chi connectivity index (χ1) is 32.2. The number of carbonyl (C=O) groups excluding carboxylic acids is 1. The Bertz CT molecular complexity index is 989. The molecule has 2 unspecified atom stereocenters. The molecule has 0 bridgehead atoms. The Hall–Kier alpha value is -1.39. The molecule has 0 aliphatic carbocycles. The lowest BCUT2D eigenvalue weighted by atomic mass is 10.0. The third-order valence-electron chi connectivity index (χ3n) is 13.9. The summed E-state index contributed by atoms with van der Waals surface area (Å²) in [6.07, 6.45) is 77.2. The maximum Gasteiger partial charge on any atom is 0.220 e. The van der Waals surface area contributed by atoms with E-state index >= 15 is 0 Å². The van der Waals surface area contributed by atoms with Crippen LogP contribution in [0.15, 0.2) is 36.5 Å². The molecule has 65 heavy (non-hydrogen) atoms. The lowest BCUT2D eigenvalue weighted by Crippen LogP contribution is -2.45. The molecule has 0 spiro atoms. The van der Waals surface area contributed by atoms with Gasteiger partial charge >= 0.3 is 0 Å². The van der Waals surface area contributed by atoms with Gasteiger partial charge in [0.1, 0.15) is 0 Å². The molecule has 4 heteroatoms. The first kappa shape index (κ1) is 63.6. The Balaban J connectivity index is 3.43. The summed E-state index contributed by atoms with van der Waals surface area (Å²) >= 11 is 0. The van der Waals surface area contributed by atoms with Gasteiger partial charge in [-0.3, -0.25) is 4.79 Å². The van der Waals surface area contributed by atoms with E-state index in [1.54, 1.807) is 0 Å². The predicted molar refractivity (Wildman–Crippen MR) is 290 cm³/mol. The van der Waals surface area contributed by atoms with Gasteiger partial charge in [-0.2, -0.15) is 0 Å². The Morgan fingerprint density at radius 3 is 0.938 bits per heavy atom. The number of hydrogen-bond donors (Lipinski definition) is 3. The standard InChI is InChI=1S/C61H117NO3/c1-3-5-7-9-11-13-15-17-19-21-23-25-26-27-28-29-30-31-32-33-34-35-37-38-40-42-44-46-48-50-52-54-56-60(64)59(58-63)62-61(65)57-55-53-51-49-47-45-43-41-39-36-24-22-20-18-16-14-12-10-8-6-4-2/h16,18,22,24,39,41,59-60,63-64H,3-15,17,19-21,23,25-38,40,42-58H2,1-2H3,(H,62,65)/b18-16-,24-22-,41-39-. The fourth-order valence-corrected chi connectivity index (χ4v) is 9.37. The van der Waals surface area contributed by atoms with Crippen LogP contribution in [0.2, 0.25) is 0 Å². The minimum absolute atomic E-state index is 0.0397. The second kappa shape index (κ2) is 56.9. The lowest BCUT2D eigenvalue weighted by Gasteiger charge is -2.22. The SMILES string of the molecule is CCCCCCC/C=C\C/C=C\C/C=C\CCCCCCCCC(=O)NC(CO)C(O)CCCCCCCCCCCCCCCCCCCCCCCCCCCCCCCCCC. The minimum Gasteiger partial charge on any atom is -0.394 e. The molecule has 4 nitrogen and oxygen atoms in total. The number of amides is 1. The van der Waals surface area contributed by atoms with Crippen molar-refractivity contribution >= 4 is 5.91 Å². The summed E-state index contributed by atoms with van der Waals surface area (Å²) in [6.45, 7) is 4.37. The van der Waals surface area contributed by atoms with Crippen LogP contribution in [0.25, 0.3) is 0 Å². The topological polar surface area (TPSA) is 69.6 Å². The van der Waals surface area contributed by atoms with Crippen molar-refractivity contribution < 1.29 is 15.0 Å². The molecule has 0 radical (unpaired) electrons. The first-order valence-corrected chi connectivity index (χ1v) is 29.7. The molecule has 0 saturated heterocycles. The fourth-order valence-electron chi connectivity index (χ4n) is 9.37. The summed E-state index contributed by atoms with van der Waals surface area (Å²) in [4.78, 5) is 12.5. The maximum atomic E-state index is 12.5. The van der Waals surface area contributed by atoms with E-state index in [0.29, 0.717) is 12.8 Å². The van der Waals surface area contributed by atoms with E-state index in [0.717, 1.165) is 51.4 Å². The van der Waals surface area contributed by atoms with Crippen molar-refractivity contribution in [3.05, 3.63) is 36.5 Å². The molecule has 0 aromatic carbocycles. The molecule has 0 rings (SSSR count). The summed E-state index contributed by atoms with van der Waals surface area (Å²) in [5.41, 5.74) is 0. The molecular weight excluding hydrogens is 795 g/mol. The molecular formula is C61H117NO3. The number of allylic oxidation sites excluding steroid dienone is 6. The smallest absolute Gasteiger partial charge is 0.220 e. The quantitative estimate of drug-likeness (QED) is 0.0421. The van der Waals surface area contributed by atoms with Gasteiger partial charge in [0.15, 0.2) is 0 Å². The highest BCUT2D eigenvalue weighted by Crippen LogP contribution is 2.18. The van der Waals surface area contributed by atoms with E-state index in [-0.39, 0.29) is 12.5 Å². The van der Waals surface area contributed by atoms with Crippen molar-refractivity contribution in [2.24, 2.45) is 0 Å². The van der Waals surface area contributed by atoms with Gasteiger partial charge in [0, 0.05) is 6.42 Å². The third-order valence-corrected chi connectivity index (χ3v) is 13.9. The number of rotatable bonds is 55. The Morgan fingerprint density at radius 1 is 0.369 bits per heavy atom. The molecule has 0 heterocycles. The van der Waals surface area contributed by atoms with Crippen LogP contribution in [0, 0.1) is 0 Å². The summed E-state index contributed by atoms with van der Waals surface area (Å²) in [6, 6.07) is -0.545. The molecule has 0 aliphatic heterocycles. The monoisotopic (exact) mass is 912 g/mol. The Labute approximate surface area is 408 Å². The minimum atomic E-state index is -0.667. The molecule has 0 aromatic heterocycles. The normalized spacial score (nSPS) is 13.0. The zero-order chi connectivity index (χ0) is 47.0. The van der Waals surface area contributed by atoms with Crippen LogP contribution in [-0.2, 0) is 4.79 Å². The van der Waals surface area contributed by atoms with Gasteiger partial charge < -0.3 is 15.5 Å². The van der Waals surface area contributed by atoms with Gasteiger partial charge in [-0.05, 0) is 51.4 Å². The zero-order valence-corrected chi connectivity index (χ0v) is 44.3. The van der Waals surface area contributed by atoms with Crippen molar-refractivity contribution in [1.82, 2.24) is 5.32 Å². The Morgan fingerprint density at radius 2 is 0.631 bits per heavy atom. The first-order valence-electron chi connectivity index (χ1n) is 29.7. The van der Waals surface area contributed by atoms with Gasteiger partial charge in [0.05, 0.1) is 18.8 Å². The number of aliphatic hydroxyl groups excluding tert-OH is 2. The number of unbranched alkanes of at least 4 members (excludes halogenated alkanes) is 42. The fraction of sp³-hybridized carbons (Fsp3) is 0.885. The van der Waals surface area contributed by atoms with E-state index in [2.05, 4.69) is 55.6 Å². The van der Waals surface area contributed by atoms with Crippen LogP contribution in [0.5, 0.6) is 0 Å². The molecule has 2 atom stereocenters. The van der Waals surface area contributed by atoms with Gasteiger partial charge in [0.25, 0.3) is 0 Å². The van der Waals surface area contributed by atoms with Crippen LogP contribution >= 0.6 is 0 Å². The number of aliphatic hydroxyl groups is 2. The number of hydrogen-bond acceptors (Lipinski definition) is 3. The van der Waals surface area contributed by atoms with Crippen molar-refractivity contribution in [3.63, 3.8) is 0 Å². The third kappa shape index (κ3) is 53.4. The highest BCUT2D eigenvalue weighted by atomic mass is 16.3. The van der Waals surface area contributed by atoms with Gasteiger partial charge in [0.2, 0.25) is 5.91 Å². The van der Waals surface area contributed by atoms with E-state index in [4.69, 9.17) is 0 Å². The van der Waals surface area contributed by atoms with Crippen molar-refractivity contribution in [1.29, 1.82) is 0 Å². The highest BCUT2D eigenvalue weighted by Gasteiger charge is 2.20. The van der Waals surface area contributed by atoms with Crippen LogP contribution in [0.4, 0.5) is 0 Å². The van der Waals surface area contributed by atoms with Gasteiger partial charge in [-0.25, -0.2) is 0 Å². The molecule has 384 valence electrons. The van der Waals surface area contributed by atoms with Crippen LogP contribution in [0.1, 0.15) is 328 Å². The zero-order valence-electron chi connectivity index (χ0n) is 44.3. The van der Waals surface area contributed by atoms with E-state index < -0.39 is 12.1 Å². The van der Waals surface area contributed by atoms with Crippen LogP contribution < -0.4 is 5.32 Å².